The Morgan fingerprint density at radius 1 is 0.893 bits per heavy atom. The van der Waals surface area contributed by atoms with Crippen LogP contribution in [-0.4, -0.2) is 72.4 Å². The molecule has 1 aromatic rings. The molecule has 10 nitrogen and oxygen atoms in total. The first-order chi connectivity index (χ1) is 26.5. The second-order valence-corrected chi connectivity index (χ2v) is 15.1. The van der Waals surface area contributed by atoms with Gasteiger partial charge in [0.05, 0.1) is 42.7 Å². The summed E-state index contributed by atoms with van der Waals surface area (Å²) in [7, 11) is 0. The molecule has 3 aliphatic heterocycles. The molecule has 1 N–H and O–H groups in total. The van der Waals surface area contributed by atoms with Crippen LogP contribution in [0.4, 0.5) is 22.0 Å². The fourth-order valence-electron chi connectivity index (χ4n) is 7.02. The molecule has 3 heterocycles. The Bertz CT molecular complexity index is 1650. The number of hydrogen-bond acceptors (Lipinski definition) is 9. The average Bonchev–Trinajstić information content (AvgIpc) is 3.88. The molecule has 0 saturated carbocycles. The number of esters is 2. The van der Waals surface area contributed by atoms with Gasteiger partial charge in [0, 0.05) is 45.1 Å². The normalized spacial score (nSPS) is 27.1. The first-order valence-electron chi connectivity index (χ1n) is 19.2. The van der Waals surface area contributed by atoms with Crippen LogP contribution in [0, 0.1) is 35.0 Å². The van der Waals surface area contributed by atoms with Gasteiger partial charge in [-0.3, -0.25) is 19.2 Å². The highest BCUT2D eigenvalue weighted by Crippen LogP contribution is 2.43. The van der Waals surface area contributed by atoms with E-state index in [-0.39, 0.29) is 72.9 Å². The van der Waals surface area contributed by atoms with E-state index in [1.165, 1.54) is 19.1 Å². The summed E-state index contributed by atoms with van der Waals surface area (Å²) >= 11 is 0. The molecule has 4 rings (SSSR count). The fraction of sp³-hybridized carbons (Fsp3) is 0.610. The van der Waals surface area contributed by atoms with E-state index in [2.05, 4.69) is 23.1 Å². The molecule has 0 bridgehead atoms. The lowest BCUT2D eigenvalue weighted by atomic mass is 9.88. The minimum absolute atomic E-state index is 0.0223. The van der Waals surface area contributed by atoms with Crippen molar-refractivity contribution in [3.05, 3.63) is 65.0 Å². The lowest BCUT2D eigenvalue weighted by Gasteiger charge is -2.39. The summed E-state index contributed by atoms with van der Waals surface area (Å²) in [6.45, 7) is 9.65. The Morgan fingerprint density at radius 3 is 2.18 bits per heavy atom. The summed E-state index contributed by atoms with van der Waals surface area (Å²) in [4.78, 5) is 48.3. The highest BCUT2D eigenvalue weighted by molar-refractivity contribution is 5.87. The van der Waals surface area contributed by atoms with Crippen LogP contribution < -0.4 is 10.1 Å². The molecule has 1 aromatic carbocycles. The Morgan fingerprint density at radius 2 is 1.54 bits per heavy atom. The van der Waals surface area contributed by atoms with Crippen molar-refractivity contribution in [3.8, 4) is 5.75 Å². The highest BCUT2D eigenvalue weighted by atomic mass is 19.2. The van der Waals surface area contributed by atoms with Gasteiger partial charge in [0.15, 0.2) is 0 Å². The molecule has 56 heavy (non-hydrogen) atoms. The molecule has 0 radical (unpaired) electrons. The van der Waals surface area contributed by atoms with Crippen LogP contribution in [0.2, 0.25) is 0 Å². The van der Waals surface area contributed by atoms with Crippen molar-refractivity contribution < 1.29 is 64.8 Å². The molecular formula is C41H52F5NO9. The number of rotatable bonds is 18. The molecule has 1 amide bonds. The third-order valence-electron chi connectivity index (χ3n) is 10.2. The van der Waals surface area contributed by atoms with E-state index in [1.807, 2.05) is 26.0 Å². The molecule has 0 unspecified atom stereocenters. The number of benzene rings is 1. The van der Waals surface area contributed by atoms with Crippen molar-refractivity contribution in [2.24, 2.45) is 5.92 Å². The number of hydrogen-bond donors (Lipinski definition) is 1. The van der Waals surface area contributed by atoms with Crippen molar-refractivity contribution in [1.29, 1.82) is 0 Å². The van der Waals surface area contributed by atoms with Gasteiger partial charge in [0.25, 0.3) is 0 Å². The van der Waals surface area contributed by atoms with Gasteiger partial charge in [0.2, 0.25) is 40.7 Å². The summed E-state index contributed by atoms with van der Waals surface area (Å²) in [5.41, 5.74) is 0.750. The molecule has 8 atom stereocenters. The maximum absolute atomic E-state index is 13.7. The molecule has 3 fully saturated rings. The number of Topliss-reactive ketones (excluding diaryl/α,β-unsaturated/α-hetero) is 1. The van der Waals surface area contributed by atoms with E-state index in [9.17, 15) is 41.1 Å². The second-order valence-electron chi connectivity index (χ2n) is 15.1. The molecule has 15 heteroatoms. The van der Waals surface area contributed by atoms with E-state index < -0.39 is 52.9 Å². The van der Waals surface area contributed by atoms with Gasteiger partial charge in [-0.1, -0.05) is 43.6 Å². The predicted molar refractivity (Wildman–Crippen MR) is 194 cm³/mol. The number of allylic oxidation sites excluding steroid dienone is 2. The van der Waals surface area contributed by atoms with E-state index >= 15 is 0 Å². The third-order valence-corrected chi connectivity index (χ3v) is 10.2. The minimum atomic E-state index is -2.34. The van der Waals surface area contributed by atoms with E-state index in [0.29, 0.717) is 51.6 Å². The number of halogens is 5. The summed E-state index contributed by atoms with van der Waals surface area (Å²) in [6, 6.07) is -0.154. The summed E-state index contributed by atoms with van der Waals surface area (Å²) < 4.78 is 95.1. The van der Waals surface area contributed by atoms with Crippen LogP contribution in [-0.2, 0) is 38.1 Å². The van der Waals surface area contributed by atoms with Crippen molar-refractivity contribution in [1.82, 2.24) is 5.32 Å². The quantitative estimate of drug-likeness (QED) is 0.0184. The Balaban J connectivity index is 1.14. The van der Waals surface area contributed by atoms with Crippen LogP contribution in [0.25, 0.3) is 0 Å². The third kappa shape index (κ3) is 13.3. The maximum Gasteiger partial charge on any atom is 0.311 e. The fourth-order valence-corrected chi connectivity index (χ4v) is 7.02. The summed E-state index contributed by atoms with van der Waals surface area (Å²) in [5, 5.41) is 2.99. The Labute approximate surface area is 324 Å². The minimum Gasteiger partial charge on any atom is -0.459 e. The topological polar surface area (TPSA) is 130 Å². The van der Waals surface area contributed by atoms with Gasteiger partial charge < -0.3 is 29.0 Å². The van der Waals surface area contributed by atoms with E-state index in [0.717, 1.165) is 12.0 Å². The van der Waals surface area contributed by atoms with Gasteiger partial charge in [-0.15, -0.1) is 0 Å². The van der Waals surface area contributed by atoms with Crippen LogP contribution >= 0.6 is 0 Å². The van der Waals surface area contributed by atoms with Crippen molar-refractivity contribution >= 4 is 23.6 Å². The van der Waals surface area contributed by atoms with Crippen molar-refractivity contribution in [2.75, 3.05) is 6.61 Å². The smallest absolute Gasteiger partial charge is 0.311 e. The monoisotopic (exact) mass is 797 g/mol. The van der Waals surface area contributed by atoms with Crippen molar-refractivity contribution in [3.63, 3.8) is 0 Å². The zero-order valence-corrected chi connectivity index (χ0v) is 32.5. The molecule has 0 aliphatic carbocycles. The second kappa shape index (κ2) is 20.5. The van der Waals surface area contributed by atoms with Gasteiger partial charge in [-0.25, -0.2) is 13.2 Å². The van der Waals surface area contributed by atoms with Gasteiger partial charge in [0.1, 0.15) is 11.9 Å². The van der Waals surface area contributed by atoms with Gasteiger partial charge in [-0.05, 0) is 58.4 Å². The lowest BCUT2D eigenvalue weighted by Crippen LogP contribution is -2.50. The summed E-state index contributed by atoms with van der Waals surface area (Å²) in [5.74, 6) is -14.4. The largest absolute Gasteiger partial charge is 0.459 e. The van der Waals surface area contributed by atoms with E-state index in [4.69, 9.17) is 18.9 Å². The number of nitrogens with one attached hydrogen (secondary N) is 1. The molecule has 1 spiro atoms. The number of ether oxygens (including phenoxy) is 5. The molecule has 310 valence electrons. The van der Waals surface area contributed by atoms with E-state index in [1.54, 1.807) is 6.92 Å². The van der Waals surface area contributed by atoms with Crippen LogP contribution in [0.1, 0.15) is 105 Å². The van der Waals surface area contributed by atoms with Crippen LogP contribution in [0.5, 0.6) is 5.75 Å². The highest BCUT2D eigenvalue weighted by Gasteiger charge is 2.51. The molecule has 3 aliphatic rings. The van der Waals surface area contributed by atoms with Crippen LogP contribution in [0.3, 0.4) is 0 Å². The SMILES string of the molecule is CC(=O)O[C@@H](C)/C=C\C(=O)N[C@@H]1C[C@H](C)[C@H](C/C=C(C)/C=C/[C@@H]2C[C@]3(CO3)C[C@@H](CC(=O)CCCCCCC(=O)Oc3c(F)c(F)c(F)c(F)c3F)O2)O[C@@H]1C. The van der Waals surface area contributed by atoms with Crippen molar-refractivity contribution in [2.45, 2.75) is 147 Å². The maximum atomic E-state index is 13.7. The standard InChI is InChI=1S/C41H52F5NO9/c1-23(13-16-32-24(2)18-31(26(4)54-32)47-33(50)17-14-25(3)53-27(5)48)12-15-29-20-41(22-52-41)21-30(55-29)19-28(49)10-8-6-7-9-11-34(51)56-40-38(45)36(43)35(42)37(44)39(40)46/h12-15,17,24-26,29-32H,6-11,16,18-22H2,1-5H3,(H,47,50)/b15-12+,17-14-,23-13+/t24-,25-,26+,29+,30+,31+,32-,41+/m0/s1. The summed E-state index contributed by atoms with van der Waals surface area (Å²) in [6.07, 6.45) is 12.6. The first-order valence-corrected chi connectivity index (χ1v) is 19.2. The van der Waals surface area contributed by atoms with Crippen LogP contribution in [0.15, 0.2) is 36.0 Å². The Kier molecular flexibility index (Phi) is 16.4. The predicted octanol–water partition coefficient (Wildman–Crippen LogP) is 7.60. The average molecular weight is 798 g/mol. The first kappa shape index (κ1) is 44.8. The number of carbonyl (C=O) groups excluding carboxylic acids is 4. The zero-order valence-electron chi connectivity index (χ0n) is 32.5. The Hall–Kier alpha value is -3.95. The number of amides is 1. The number of unbranched alkanes of at least 4 members (excludes halogenated alkanes) is 3. The molecule has 3 saturated heterocycles. The number of ketones is 1. The zero-order chi connectivity index (χ0) is 41.2. The van der Waals surface area contributed by atoms with Gasteiger partial charge >= 0.3 is 11.9 Å². The molecular weight excluding hydrogens is 745 g/mol. The number of carbonyl (C=O) groups is 4. The lowest BCUT2D eigenvalue weighted by molar-refractivity contribution is -0.143. The van der Waals surface area contributed by atoms with Gasteiger partial charge in [-0.2, -0.15) is 8.78 Å². The molecule has 0 aromatic heterocycles. The number of epoxide rings is 1.